The molecule has 0 amide bonds. The Hall–Kier alpha value is 0.927. The third-order valence-electron chi connectivity index (χ3n) is 1.61. The van der Waals surface area contributed by atoms with Crippen LogP contribution in [-0.2, 0) is 0 Å². The van der Waals surface area contributed by atoms with Crippen molar-refractivity contribution in [3.8, 4) is 0 Å². The van der Waals surface area contributed by atoms with Crippen molar-refractivity contribution in [3.05, 3.63) is 0 Å². The number of rotatable bonds is 5. The molecular weight excluding hydrogens is 261 g/mol. The van der Waals surface area contributed by atoms with Crippen molar-refractivity contribution in [1.29, 1.82) is 0 Å². The first-order chi connectivity index (χ1) is 5.83. The summed E-state index contributed by atoms with van der Waals surface area (Å²) in [5.41, 5.74) is 0. The summed E-state index contributed by atoms with van der Waals surface area (Å²) < 4.78 is 5.09. The molecule has 0 N–H and O–H groups in total. The van der Waals surface area contributed by atoms with E-state index in [0.29, 0.717) is 0 Å². The van der Waals surface area contributed by atoms with Gasteiger partial charge in [0, 0.05) is 5.76 Å². The van der Waals surface area contributed by atoms with Gasteiger partial charge in [-0.25, -0.2) is 0 Å². The number of halogens is 1. The molecule has 0 aliphatic heterocycles. The van der Waals surface area contributed by atoms with E-state index in [1.54, 1.807) is 0 Å². The first-order valence-corrected chi connectivity index (χ1v) is 12.7. The molecule has 0 aromatic heterocycles. The molecule has 0 fully saturated rings. The standard InChI is InChI=1S/C9H23BrNPSi/c1-6-8-12(10,9-7-2)11-13(3,4)5/h6-9H2,1-5H3. The fourth-order valence-electron chi connectivity index (χ4n) is 1.43. The van der Waals surface area contributed by atoms with E-state index >= 15 is 0 Å². The van der Waals surface area contributed by atoms with Crippen molar-refractivity contribution in [3.63, 3.8) is 0 Å². The highest BCUT2D eigenvalue weighted by atomic mass is 79.9. The lowest BCUT2D eigenvalue weighted by atomic mass is 10.6. The second-order valence-electron chi connectivity index (χ2n) is 4.54. The van der Waals surface area contributed by atoms with Crippen LogP contribution < -0.4 is 0 Å². The minimum absolute atomic E-state index is 1.09. The molecule has 0 aliphatic rings. The summed E-state index contributed by atoms with van der Waals surface area (Å²) in [6, 6.07) is 0. The highest BCUT2D eigenvalue weighted by Crippen LogP contribution is 2.59. The molecule has 0 heterocycles. The molecule has 0 aliphatic carbocycles. The topological polar surface area (TPSA) is 12.4 Å². The molecule has 0 radical (unpaired) electrons. The molecule has 0 saturated heterocycles. The van der Waals surface area contributed by atoms with Gasteiger partial charge < -0.3 is 4.41 Å². The molecule has 4 heteroatoms. The Kier molecular flexibility index (Phi) is 6.13. The molecule has 0 spiro atoms. The third-order valence-corrected chi connectivity index (χ3v) is 11.3. The Balaban J connectivity index is 4.66. The van der Waals surface area contributed by atoms with Crippen molar-refractivity contribution in [2.75, 3.05) is 12.3 Å². The second-order valence-corrected chi connectivity index (χ2v) is 16.2. The highest BCUT2D eigenvalue weighted by molar-refractivity contribution is 9.40. The molecule has 0 bridgehead atoms. The Labute approximate surface area is 92.6 Å². The lowest BCUT2D eigenvalue weighted by Crippen LogP contribution is -2.16. The summed E-state index contributed by atoms with van der Waals surface area (Å²) in [7, 11) is -1.24. The van der Waals surface area contributed by atoms with Crippen LogP contribution in [-0.4, -0.2) is 20.6 Å². The molecule has 1 nitrogen and oxygen atoms in total. The normalized spacial score (nSPS) is 13.1. The van der Waals surface area contributed by atoms with E-state index in [0.717, 1.165) is 0 Å². The summed E-state index contributed by atoms with van der Waals surface area (Å²) in [6.45, 7) is 11.5. The van der Waals surface area contributed by atoms with E-state index in [1.165, 1.54) is 25.2 Å². The van der Waals surface area contributed by atoms with E-state index in [1.807, 2.05) is 0 Å². The maximum atomic E-state index is 5.09. The van der Waals surface area contributed by atoms with Gasteiger partial charge in [0.1, 0.15) is 0 Å². The van der Waals surface area contributed by atoms with Gasteiger partial charge in [0.15, 0.2) is 8.24 Å². The zero-order valence-electron chi connectivity index (χ0n) is 9.60. The van der Waals surface area contributed by atoms with E-state index in [4.69, 9.17) is 4.41 Å². The van der Waals surface area contributed by atoms with E-state index in [-0.39, 0.29) is 0 Å². The van der Waals surface area contributed by atoms with Crippen molar-refractivity contribution in [2.24, 2.45) is 4.41 Å². The van der Waals surface area contributed by atoms with Crippen LogP contribution in [0.15, 0.2) is 4.41 Å². The minimum Gasteiger partial charge on any atom is -0.328 e. The van der Waals surface area contributed by atoms with Gasteiger partial charge in [0.25, 0.3) is 0 Å². The average molecular weight is 284 g/mol. The predicted molar refractivity (Wildman–Crippen MR) is 71.9 cm³/mol. The van der Waals surface area contributed by atoms with E-state index in [2.05, 4.69) is 49.0 Å². The molecule has 13 heavy (non-hydrogen) atoms. The van der Waals surface area contributed by atoms with E-state index < -0.39 is 14.0 Å². The monoisotopic (exact) mass is 283 g/mol. The Morgan fingerprint density at radius 1 is 1.08 bits per heavy atom. The fourth-order valence-corrected chi connectivity index (χ4v) is 14.5. The van der Waals surface area contributed by atoms with Gasteiger partial charge >= 0.3 is 0 Å². The lowest BCUT2D eigenvalue weighted by molar-refractivity contribution is 1.05. The smallest absolute Gasteiger partial charge is 0.171 e. The molecule has 80 valence electrons. The van der Waals surface area contributed by atoms with Gasteiger partial charge in [-0.3, -0.25) is 0 Å². The Bertz CT molecular complexity index is 188. The molecule has 0 atom stereocenters. The van der Waals surface area contributed by atoms with Gasteiger partial charge in [-0.2, -0.15) is 0 Å². The minimum atomic E-state index is -1.24. The fraction of sp³-hybridized carbons (Fsp3) is 1.00. The maximum absolute atomic E-state index is 5.09. The van der Waals surface area contributed by atoms with Gasteiger partial charge in [0.2, 0.25) is 0 Å². The molecule has 0 saturated carbocycles. The summed E-state index contributed by atoms with van der Waals surface area (Å²) in [5, 5.41) is 0. The summed E-state index contributed by atoms with van der Waals surface area (Å²) >= 11 is 3.92. The van der Waals surface area contributed by atoms with Crippen molar-refractivity contribution in [2.45, 2.75) is 46.3 Å². The molecular formula is C9H23BrNPSi. The average Bonchev–Trinajstić information content (AvgIpc) is 1.82. The molecule has 0 aromatic rings. The van der Waals surface area contributed by atoms with Crippen LogP contribution in [0.2, 0.25) is 19.6 Å². The van der Waals surface area contributed by atoms with Crippen LogP contribution in [0.3, 0.4) is 0 Å². The van der Waals surface area contributed by atoms with Crippen LogP contribution in [0.5, 0.6) is 0 Å². The maximum Gasteiger partial charge on any atom is 0.171 e. The van der Waals surface area contributed by atoms with Gasteiger partial charge in [-0.15, -0.1) is 0 Å². The Morgan fingerprint density at radius 3 is 1.69 bits per heavy atom. The zero-order chi connectivity index (χ0) is 10.5. The Morgan fingerprint density at radius 2 is 1.46 bits per heavy atom. The predicted octanol–water partition coefficient (Wildman–Crippen LogP) is 5.15. The summed E-state index contributed by atoms with van der Waals surface area (Å²) in [4.78, 5) is 0. The highest BCUT2D eigenvalue weighted by Gasteiger charge is 2.19. The van der Waals surface area contributed by atoms with Crippen LogP contribution in [0.4, 0.5) is 0 Å². The first-order valence-electron chi connectivity index (χ1n) is 5.14. The largest absolute Gasteiger partial charge is 0.328 e. The molecule has 0 rings (SSSR count). The number of hydrogen-bond donors (Lipinski definition) is 0. The number of nitrogens with zero attached hydrogens (tertiary/aromatic N) is 1. The van der Waals surface area contributed by atoms with Gasteiger partial charge in [-0.1, -0.05) is 46.3 Å². The second kappa shape index (κ2) is 5.72. The van der Waals surface area contributed by atoms with Crippen LogP contribution in [0.25, 0.3) is 0 Å². The zero-order valence-corrected chi connectivity index (χ0v) is 13.1. The van der Waals surface area contributed by atoms with Crippen molar-refractivity contribution >= 4 is 29.5 Å². The SMILES string of the molecule is CCCP(Br)(CCC)=N[Si](C)(C)C. The van der Waals surface area contributed by atoms with Crippen molar-refractivity contribution < 1.29 is 0 Å². The quantitative estimate of drug-likeness (QED) is 0.489. The van der Waals surface area contributed by atoms with Crippen LogP contribution in [0, 0.1) is 0 Å². The van der Waals surface area contributed by atoms with Gasteiger partial charge in [-0.05, 0) is 27.8 Å². The number of hydrogen-bond acceptors (Lipinski definition) is 1. The summed E-state index contributed by atoms with van der Waals surface area (Å²) in [5.74, 6) is -1.09. The van der Waals surface area contributed by atoms with Crippen LogP contribution >= 0.6 is 21.2 Å². The van der Waals surface area contributed by atoms with E-state index in [9.17, 15) is 0 Å². The van der Waals surface area contributed by atoms with Crippen molar-refractivity contribution in [1.82, 2.24) is 0 Å². The van der Waals surface area contributed by atoms with Crippen LogP contribution in [0.1, 0.15) is 26.7 Å². The lowest BCUT2D eigenvalue weighted by Gasteiger charge is -2.22. The molecule has 0 unspecified atom stereocenters. The summed E-state index contributed by atoms with van der Waals surface area (Å²) in [6.07, 6.45) is 5.08. The molecule has 0 aromatic carbocycles. The van der Waals surface area contributed by atoms with Gasteiger partial charge in [0.05, 0.1) is 0 Å². The third kappa shape index (κ3) is 6.93. The first kappa shape index (κ1) is 13.9.